The van der Waals surface area contributed by atoms with Gasteiger partial charge in [-0.15, -0.1) is 0 Å². The van der Waals surface area contributed by atoms with Crippen molar-refractivity contribution in [2.75, 3.05) is 17.6 Å². The molecule has 34 heavy (non-hydrogen) atoms. The standard InChI is InChI=1S/C23H30BF3NO3P.C2H6/c1-7-32(29,8-2)18-13-14-20(28-17-11-9-16(10-12-17)23(25,26)27)19(15-18)24-30-21(3,4)22(5,6)31-24;1-2/h9-15,28H,7-8H2,1-6H3;1-2H3. The van der Waals surface area contributed by atoms with Crippen molar-refractivity contribution in [1.82, 2.24) is 0 Å². The summed E-state index contributed by atoms with van der Waals surface area (Å²) < 4.78 is 64.5. The Morgan fingerprint density at radius 2 is 1.41 bits per heavy atom. The van der Waals surface area contributed by atoms with Crippen LogP contribution < -0.4 is 16.1 Å². The fraction of sp³-hybridized carbons (Fsp3) is 0.520. The molecule has 1 saturated heterocycles. The van der Waals surface area contributed by atoms with Crippen LogP contribution in [0.1, 0.15) is 61.0 Å². The van der Waals surface area contributed by atoms with Gasteiger partial charge in [0.15, 0.2) is 0 Å². The Kier molecular flexibility index (Phi) is 8.77. The Balaban J connectivity index is 0.00000199. The smallest absolute Gasteiger partial charge is 0.399 e. The lowest BCUT2D eigenvalue weighted by Gasteiger charge is -2.32. The van der Waals surface area contributed by atoms with Gasteiger partial charge >= 0.3 is 13.3 Å². The minimum absolute atomic E-state index is 0.498. The van der Waals surface area contributed by atoms with Crippen LogP contribution >= 0.6 is 7.14 Å². The quantitative estimate of drug-likeness (QED) is 0.352. The summed E-state index contributed by atoms with van der Waals surface area (Å²) in [6.45, 7) is 15.6. The Hall–Kier alpha value is -1.76. The largest absolute Gasteiger partial charge is 0.497 e. The van der Waals surface area contributed by atoms with Gasteiger partial charge in [0.2, 0.25) is 0 Å². The SMILES string of the molecule is CC.CCP(=O)(CC)c1ccc(Nc2ccc(C(F)(F)F)cc2)c(B2OC(C)(C)C(C)(C)O2)c1. The van der Waals surface area contributed by atoms with Crippen molar-refractivity contribution >= 4 is 36.4 Å². The highest BCUT2D eigenvalue weighted by molar-refractivity contribution is 7.71. The summed E-state index contributed by atoms with van der Waals surface area (Å²) in [6, 6.07) is 10.3. The number of halogens is 3. The molecule has 9 heteroatoms. The van der Waals surface area contributed by atoms with Crippen molar-refractivity contribution < 1.29 is 27.0 Å². The molecule has 1 aliphatic heterocycles. The Labute approximate surface area is 202 Å². The molecule has 0 spiro atoms. The average molecular weight is 497 g/mol. The van der Waals surface area contributed by atoms with Crippen LogP contribution in [0.15, 0.2) is 42.5 Å². The third kappa shape index (κ3) is 5.89. The van der Waals surface area contributed by atoms with Crippen LogP contribution in [-0.2, 0) is 20.1 Å². The van der Waals surface area contributed by atoms with Crippen LogP contribution in [0.25, 0.3) is 0 Å². The van der Waals surface area contributed by atoms with E-state index in [0.717, 1.165) is 17.4 Å². The van der Waals surface area contributed by atoms with Crippen LogP contribution in [0, 0.1) is 0 Å². The molecule has 0 saturated carbocycles. The molecule has 1 heterocycles. The van der Waals surface area contributed by atoms with Crippen LogP contribution in [0.3, 0.4) is 0 Å². The number of hydrogen-bond acceptors (Lipinski definition) is 4. The first-order valence-electron chi connectivity index (χ1n) is 11.7. The zero-order valence-corrected chi connectivity index (χ0v) is 22.2. The number of alkyl halides is 3. The number of rotatable bonds is 6. The highest BCUT2D eigenvalue weighted by atomic mass is 31.2. The second kappa shape index (κ2) is 10.5. The summed E-state index contributed by atoms with van der Waals surface area (Å²) in [5, 5.41) is 3.92. The number of anilines is 2. The first-order chi connectivity index (χ1) is 15.7. The second-order valence-corrected chi connectivity index (χ2v) is 12.6. The molecule has 3 rings (SSSR count). The fourth-order valence-electron chi connectivity index (χ4n) is 3.57. The van der Waals surface area contributed by atoms with Crippen molar-refractivity contribution in [2.24, 2.45) is 0 Å². The highest BCUT2D eigenvalue weighted by Gasteiger charge is 2.52. The lowest BCUT2D eigenvalue weighted by atomic mass is 9.77. The molecule has 0 atom stereocenters. The van der Waals surface area contributed by atoms with Crippen LogP contribution in [-0.4, -0.2) is 30.6 Å². The molecule has 188 valence electrons. The van der Waals surface area contributed by atoms with Crippen molar-refractivity contribution in [3.8, 4) is 0 Å². The minimum atomic E-state index is -4.39. The predicted octanol–water partition coefficient (Wildman–Crippen LogP) is 6.80. The second-order valence-electron chi connectivity index (χ2n) is 9.08. The van der Waals surface area contributed by atoms with Gasteiger partial charge in [0, 0.05) is 34.5 Å². The van der Waals surface area contributed by atoms with Crippen LogP contribution in [0.5, 0.6) is 0 Å². The summed E-state index contributed by atoms with van der Waals surface area (Å²) in [4.78, 5) is 0. The molecular formula is C25H36BF3NO3P. The molecule has 0 radical (unpaired) electrons. The molecule has 0 unspecified atom stereocenters. The molecule has 1 fully saturated rings. The number of benzene rings is 2. The zero-order valence-electron chi connectivity index (χ0n) is 21.3. The molecule has 0 bridgehead atoms. The molecule has 2 aromatic rings. The minimum Gasteiger partial charge on any atom is -0.399 e. The Morgan fingerprint density at radius 3 is 1.85 bits per heavy atom. The first-order valence-corrected chi connectivity index (χ1v) is 13.8. The van der Waals surface area contributed by atoms with Gasteiger partial charge < -0.3 is 19.2 Å². The van der Waals surface area contributed by atoms with Gasteiger partial charge in [0.05, 0.1) is 16.8 Å². The van der Waals surface area contributed by atoms with Crippen molar-refractivity contribution in [3.05, 3.63) is 48.0 Å². The Bertz CT molecular complexity index is 999. The van der Waals surface area contributed by atoms with Crippen LogP contribution in [0.4, 0.5) is 24.5 Å². The van der Waals surface area contributed by atoms with E-state index in [9.17, 15) is 17.7 Å². The fourth-order valence-corrected chi connectivity index (χ4v) is 5.47. The van der Waals surface area contributed by atoms with E-state index in [1.54, 1.807) is 6.07 Å². The number of hydrogen-bond donors (Lipinski definition) is 1. The summed E-state index contributed by atoms with van der Waals surface area (Å²) in [5.41, 5.74) is -0.0557. The summed E-state index contributed by atoms with van der Waals surface area (Å²) in [5.74, 6) is 0. The number of nitrogens with one attached hydrogen (secondary N) is 1. The third-order valence-corrected chi connectivity index (χ3v) is 9.79. The molecule has 0 aliphatic carbocycles. The molecule has 2 aromatic carbocycles. The lowest BCUT2D eigenvalue weighted by molar-refractivity contribution is -0.137. The van der Waals surface area contributed by atoms with Gasteiger partial charge in [-0.3, -0.25) is 0 Å². The Morgan fingerprint density at radius 1 is 0.912 bits per heavy atom. The van der Waals surface area contributed by atoms with Crippen molar-refractivity contribution in [2.45, 2.75) is 72.8 Å². The van der Waals surface area contributed by atoms with Crippen molar-refractivity contribution in [3.63, 3.8) is 0 Å². The van der Waals surface area contributed by atoms with Gasteiger partial charge in [-0.05, 0) is 70.2 Å². The summed E-state index contributed by atoms with van der Waals surface area (Å²) in [7, 11) is -3.27. The third-order valence-electron chi connectivity index (χ3n) is 6.53. The lowest BCUT2D eigenvalue weighted by Crippen LogP contribution is -2.41. The maximum Gasteiger partial charge on any atom is 0.497 e. The summed E-state index contributed by atoms with van der Waals surface area (Å²) in [6.07, 6.45) is -3.31. The van der Waals surface area contributed by atoms with E-state index in [4.69, 9.17) is 9.31 Å². The average Bonchev–Trinajstić information content (AvgIpc) is 3.01. The molecular weight excluding hydrogens is 461 g/mol. The molecule has 1 aliphatic rings. The van der Waals surface area contributed by atoms with Gasteiger partial charge in [0.1, 0.15) is 7.14 Å². The van der Waals surface area contributed by atoms with E-state index in [0.29, 0.717) is 29.2 Å². The van der Waals surface area contributed by atoms with E-state index in [2.05, 4.69) is 5.32 Å². The maximum atomic E-state index is 13.4. The normalized spacial score (nSPS) is 17.2. The summed E-state index contributed by atoms with van der Waals surface area (Å²) >= 11 is 0. The van der Waals surface area contributed by atoms with E-state index >= 15 is 0 Å². The topological polar surface area (TPSA) is 47.6 Å². The predicted molar refractivity (Wildman–Crippen MR) is 137 cm³/mol. The van der Waals surface area contributed by atoms with E-state index in [1.807, 2.05) is 67.5 Å². The van der Waals surface area contributed by atoms with Gasteiger partial charge in [-0.1, -0.05) is 27.7 Å². The monoisotopic (exact) mass is 497 g/mol. The van der Waals surface area contributed by atoms with Gasteiger partial charge in [-0.2, -0.15) is 13.2 Å². The molecule has 0 aromatic heterocycles. The molecule has 0 amide bonds. The van der Waals surface area contributed by atoms with E-state index < -0.39 is 37.2 Å². The van der Waals surface area contributed by atoms with E-state index in [1.165, 1.54) is 12.1 Å². The van der Waals surface area contributed by atoms with Crippen molar-refractivity contribution in [1.29, 1.82) is 0 Å². The van der Waals surface area contributed by atoms with Gasteiger partial charge in [-0.25, -0.2) is 0 Å². The van der Waals surface area contributed by atoms with Crippen LogP contribution in [0.2, 0.25) is 0 Å². The highest BCUT2D eigenvalue weighted by Crippen LogP contribution is 2.44. The molecule has 1 N–H and O–H groups in total. The van der Waals surface area contributed by atoms with E-state index in [-0.39, 0.29) is 0 Å². The van der Waals surface area contributed by atoms with Gasteiger partial charge in [0.25, 0.3) is 0 Å². The maximum absolute atomic E-state index is 13.4. The molecule has 4 nitrogen and oxygen atoms in total. The first kappa shape index (κ1) is 28.5. The zero-order chi connectivity index (χ0) is 25.9.